The first-order chi connectivity index (χ1) is 16.9. The average molecular weight is 499 g/mol. The number of hydrogen-bond donors (Lipinski definition) is 0. The van der Waals surface area contributed by atoms with E-state index in [0.29, 0.717) is 50.2 Å². The van der Waals surface area contributed by atoms with E-state index in [1.165, 1.54) is 11.3 Å². The summed E-state index contributed by atoms with van der Waals surface area (Å²) in [5.74, 6) is -0.697. The van der Waals surface area contributed by atoms with Gasteiger partial charge in [0.1, 0.15) is 11.4 Å². The Kier molecular flexibility index (Phi) is 5.22. The van der Waals surface area contributed by atoms with Crippen molar-refractivity contribution in [2.75, 3.05) is 51.3 Å². The highest BCUT2D eigenvalue weighted by Crippen LogP contribution is 2.53. The number of thiazole rings is 1. The van der Waals surface area contributed by atoms with Crippen LogP contribution in [0.4, 0.5) is 9.93 Å². The molecule has 35 heavy (non-hydrogen) atoms. The largest absolute Gasteiger partial charge is 0.497 e. The van der Waals surface area contributed by atoms with Crippen molar-refractivity contribution in [2.45, 2.75) is 18.6 Å². The van der Waals surface area contributed by atoms with E-state index in [-0.39, 0.29) is 17.9 Å². The molecule has 0 aliphatic carbocycles. The van der Waals surface area contributed by atoms with E-state index in [9.17, 15) is 14.4 Å². The lowest BCUT2D eigenvalue weighted by Gasteiger charge is -2.36. The second kappa shape index (κ2) is 8.20. The molecule has 5 heterocycles. The van der Waals surface area contributed by atoms with Crippen LogP contribution in [0.2, 0.25) is 0 Å². The lowest BCUT2D eigenvalue weighted by molar-refractivity contribution is -0.141. The van der Waals surface area contributed by atoms with Crippen LogP contribution in [-0.4, -0.2) is 90.8 Å². The number of fused-ring (bicyclic) bond motifs is 2. The zero-order chi connectivity index (χ0) is 24.3. The van der Waals surface area contributed by atoms with Gasteiger partial charge < -0.3 is 24.0 Å². The van der Waals surface area contributed by atoms with E-state index in [1.807, 2.05) is 30.4 Å². The van der Waals surface area contributed by atoms with Crippen LogP contribution in [0.25, 0.3) is 10.2 Å². The molecule has 4 unspecified atom stereocenters. The molecular weight excluding hydrogens is 472 g/mol. The predicted octanol–water partition coefficient (Wildman–Crippen LogP) is 1.89. The highest BCUT2D eigenvalue weighted by molar-refractivity contribution is 7.22. The molecule has 3 saturated heterocycles. The number of carbonyl (C=O) groups excluding carboxylic acids is 3. The van der Waals surface area contributed by atoms with Crippen molar-refractivity contribution in [3.05, 3.63) is 30.4 Å². The summed E-state index contributed by atoms with van der Waals surface area (Å²) < 4.78 is 17.6. The van der Waals surface area contributed by atoms with E-state index in [2.05, 4.69) is 4.98 Å². The maximum absolute atomic E-state index is 13.7. The highest BCUT2D eigenvalue weighted by Gasteiger charge is 2.67. The molecule has 10 nitrogen and oxygen atoms in total. The van der Waals surface area contributed by atoms with Crippen molar-refractivity contribution < 1.29 is 28.6 Å². The van der Waals surface area contributed by atoms with Crippen molar-refractivity contribution in [1.29, 1.82) is 0 Å². The van der Waals surface area contributed by atoms with Crippen LogP contribution in [-0.2, 0) is 19.1 Å². The van der Waals surface area contributed by atoms with Gasteiger partial charge in [-0.3, -0.25) is 14.5 Å². The Hall–Kier alpha value is -3.18. The third-order valence-corrected chi connectivity index (χ3v) is 8.38. The van der Waals surface area contributed by atoms with Gasteiger partial charge in [0.2, 0.25) is 11.8 Å². The summed E-state index contributed by atoms with van der Waals surface area (Å²) >= 11 is 1.44. The molecule has 2 aromatic rings. The lowest BCUT2D eigenvalue weighted by Crippen LogP contribution is -2.54. The Morgan fingerprint density at radius 1 is 1.23 bits per heavy atom. The molecule has 0 saturated carbocycles. The van der Waals surface area contributed by atoms with E-state index >= 15 is 0 Å². The molecule has 6 rings (SSSR count). The Balaban J connectivity index is 1.22. The van der Waals surface area contributed by atoms with E-state index < -0.39 is 23.5 Å². The molecule has 1 aromatic carbocycles. The number of aromatic nitrogens is 1. The molecule has 4 aliphatic heterocycles. The molecule has 3 fully saturated rings. The van der Waals surface area contributed by atoms with Gasteiger partial charge in [0, 0.05) is 32.2 Å². The number of rotatable bonds is 4. The fourth-order valence-corrected chi connectivity index (χ4v) is 6.57. The maximum atomic E-state index is 13.7. The van der Waals surface area contributed by atoms with Crippen molar-refractivity contribution >= 4 is 44.6 Å². The van der Waals surface area contributed by atoms with Crippen LogP contribution in [0.5, 0.6) is 5.75 Å². The number of benzene rings is 1. The van der Waals surface area contributed by atoms with Gasteiger partial charge in [0.25, 0.3) is 0 Å². The highest BCUT2D eigenvalue weighted by atomic mass is 32.1. The van der Waals surface area contributed by atoms with Gasteiger partial charge in [-0.2, -0.15) is 0 Å². The zero-order valence-electron chi connectivity index (χ0n) is 19.5. The van der Waals surface area contributed by atoms with Gasteiger partial charge in [-0.1, -0.05) is 23.5 Å². The normalized spacial score (nSPS) is 29.3. The predicted molar refractivity (Wildman–Crippen MR) is 127 cm³/mol. The number of piperazine rings is 1. The maximum Gasteiger partial charge on any atom is 0.409 e. The fraction of sp³-hybridized carbons (Fsp3) is 0.500. The van der Waals surface area contributed by atoms with Crippen LogP contribution in [0.3, 0.4) is 0 Å². The number of nitrogens with zero attached hydrogens (tertiary/aromatic N) is 4. The SMILES string of the molecule is CCOC(=O)N1CCN(C(=O)C2C3C=CC4(CN(c5nc6cc(OC)ccc6s5)C(=O)C24)O3)CC1. The number of hydrogen-bond acceptors (Lipinski definition) is 8. The van der Waals surface area contributed by atoms with Crippen LogP contribution in [0.1, 0.15) is 6.92 Å². The van der Waals surface area contributed by atoms with Gasteiger partial charge in [-0.25, -0.2) is 9.78 Å². The fourth-order valence-electron chi connectivity index (χ4n) is 5.61. The minimum absolute atomic E-state index is 0.0982. The quantitative estimate of drug-likeness (QED) is 0.594. The molecule has 184 valence electrons. The Morgan fingerprint density at radius 2 is 2.00 bits per heavy atom. The molecule has 0 N–H and O–H groups in total. The van der Waals surface area contributed by atoms with Gasteiger partial charge in [-0.05, 0) is 19.1 Å². The molecule has 11 heteroatoms. The second-order valence-corrected chi connectivity index (χ2v) is 10.2. The van der Waals surface area contributed by atoms with Crippen molar-refractivity contribution in [1.82, 2.24) is 14.8 Å². The number of amides is 3. The zero-order valence-corrected chi connectivity index (χ0v) is 20.3. The Bertz CT molecular complexity index is 1240. The minimum atomic E-state index is -0.815. The molecule has 4 aliphatic rings. The summed E-state index contributed by atoms with van der Waals surface area (Å²) in [6, 6.07) is 5.64. The summed E-state index contributed by atoms with van der Waals surface area (Å²) in [5, 5.41) is 0.594. The monoisotopic (exact) mass is 498 g/mol. The van der Waals surface area contributed by atoms with Crippen molar-refractivity contribution in [3.63, 3.8) is 0 Å². The molecule has 1 spiro atoms. The van der Waals surface area contributed by atoms with Gasteiger partial charge in [0.15, 0.2) is 5.13 Å². The Labute approximate surface area is 206 Å². The summed E-state index contributed by atoms with van der Waals surface area (Å²) in [6.45, 7) is 4.04. The summed E-state index contributed by atoms with van der Waals surface area (Å²) in [5.41, 5.74) is -0.0516. The van der Waals surface area contributed by atoms with Crippen molar-refractivity contribution in [3.8, 4) is 5.75 Å². The van der Waals surface area contributed by atoms with Gasteiger partial charge >= 0.3 is 6.09 Å². The topological polar surface area (TPSA) is 102 Å². The average Bonchev–Trinajstić information content (AvgIpc) is 3.62. The molecular formula is C24H26N4O6S. The summed E-state index contributed by atoms with van der Waals surface area (Å²) in [6.07, 6.45) is 3.08. The molecule has 1 aromatic heterocycles. The number of ether oxygens (including phenoxy) is 3. The van der Waals surface area contributed by atoms with E-state index in [1.54, 1.807) is 28.7 Å². The first kappa shape index (κ1) is 22.3. The van der Waals surface area contributed by atoms with Crippen LogP contribution >= 0.6 is 11.3 Å². The summed E-state index contributed by atoms with van der Waals surface area (Å²) in [7, 11) is 1.60. The van der Waals surface area contributed by atoms with Gasteiger partial charge in [-0.15, -0.1) is 0 Å². The second-order valence-electron chi connectivity index (χ2n) is 9.17. The number of anilines is 1. The summed E-state index contributed by atoms with van der Waals surface area (Å²) in [4.78, 5) is 49.0. The minimum Gasteiger partial charge on any atom is -0.497 e. The van der Waals surface area contributed by atoms with E-state index in [0.717, 1.165) is 10.2 Å². The van der Waals surface area contributed by atoms with Crippen LogP contribution in [0.15, 0.2) is 30.4 Å². The first-order valence-corrected chi connectivity index (χ1v) is 12.6. The van der Waals surface area contributed by atoms with Crippen LogP contribution < -0.4 is 9.64 Å². The molecule has 3 amide bonds. The van der Waals surface area contributed by atoms with Gasteiger partial charge in [0.05, 0.1) is 48.4 Å². The van der Waals surface area contributed by atoms with Crippen molar-refractivity contribution in [2.24, 2.45) is 11.8 Å². The number of carbonyl (C=O) groups is 3. The smallest absolute Gasteiger partial charge is 0.409 e. The van der Waals surface area contributed by atoms with E-state index in [4.69, 9.17) is 14.2 Å². The molecule has 2 bridgehead atoms. The van der Waals surface area contributed by atoms with Crippen LogP contribution in [0, 0.1) is 11.8 Å². The lowest BCUT2D eigenvalue weighted by atomic mass is 9.76. The third kappa shape index (κ3) is 3.40. The molecule has 4 atom stereocenters. The standard InChI is InChI=1S/C24H26N4O6S/c1-3-33-23(31)27-10-8-26(9-11-27)20(29)18-16-6-7-24(34-16)13-28(21(30)19(18)24)22-25-15-12-14(32-2)4-5-17(15)35-22/h4-7,12,16,18-19H,3,8-11,13H2,1-2H3. The third-order valence-electron chi connectivity index (χ3n) is 7.32. The Morgan fingerprint density at radius 3 is 2.74 bits per heavy atom. The molecule has 0 radical (unpaired) electrons. The first-order valence-electron chi connectivity index (χ1n) is 11.8. The number of methoxy groups -OCH3 is 1.